The van der Waals surface area contributed by atoms with E-state index in [0.29, 0.717) is 13.0 Å². The van der Waals surface area contributed by atoms with Crippen LogP contribution in [0.4, 0.5) is 0 Å². The monoisotopic (exact) mass is 260 g/mol. The number of ether oxygens (including phenoxy) is 1. The zero-order valence-electron chi connectivity index (χ0n) is 11.3. The van der Waals surface area contributed by atoms with Crippen molar-refractivity contribution in [1.29, 1.82) is 5.26 Å². The van der Waals surface area contributed by atoms with E-state index in [1.54, 1.807) is 6.92 Å². The maximum atomic E-state index is 8.56. The van der Waals surface area contributed by atoms with Gasteiger partial charge in [-0.3, -0.25) is 0 Å². The lowest BCUT2D eigenvalue weighted by Gasteiger charge is -2.06. The van der Waals surface area contributed by atoms with Crippen LogP contribution in [0.25, 0.3) is 0 Å². The Labute approximate surface area is 114 Å². The first-order valence-electron chi connectivity index (χ1n) is 6.52. The average Bonchev–Trinajstić information content (AvgIpc) is 2.45. The molecule has 0 saturated heterocycles. The lowest BCUT2D eigenvalue weighted by molar-refractivity contribution is 0.307. The molecule has 0 unspecified atom stereocenters. The van der Waals surface area contributed by atoms with Crippen molar-refractivity contribution in [2.45, 2.75) is 39.0 Å². The second-order valence-electron chi connectivity index (χ2n) is 4.44. The largest absolute Gasteiger partial charge is 0.494 e. The molecular formula is C15H20N2O2. The summed E-state index contributed by atoms with van der Waals surface area (Å²) in [5, 5.41) is 20.1. The summed E-state index contributed by atoms with van der Waals surface area (Å²) in [7, 11) is 0. The summed E-state index contributed by atoms with van der Waals surface area (Å²) in [4.78, 5) is 0. The van der Waals surface area contributed by atoms with Crippen molar-refractivity contribution in [2.24, 2.45) is 5.16 Å². The van der Waals surface area contributed by atoms with Crippen LogP contribution < -0.4 is 4.74 Å². The van der Waals surface area contributed by atoms with Crippen molar-refractivity contribution < 1.29 is 9.94 Å². The Balaban J connectivity index is 2.29. The number of hydrogen-bond acceptors (Lipinski definition) is 4. The summed E-state index contributed by atoms with van der Waals surface area (Å²) in [6.45, 7) is 2.45. The van der Waals surface area contributed by atoms with E-state index in [-0.39, 0.29) is 0 Å². The van der Waals surface area contributed by atoms with Crippen molar-refractivity contribution in [3.05, 3.63) is 29.8 Å². The Morgan fingerprint density at radius 1 is 1.32 bits per heavy atom. The normalized spacial score (nSPS) is 11.1. The van der Waals surface area contributed by atoms with E-state index in [2.05, 4.69) is 11.2 Å². The third-order valence-corrected chi connectivity index (χ3v) is 2.82. The van der Waals surface area contributed by atoms with Gasteiger partial charge in [0, 0.05) is 6.42 Å². The Bertz CT molecular complexity index is 432. The highest BCUT2D eigenvalue weighted by Gasteiger charge is 1.98. The van der Waals surface area contributed by atoms with Crippen LogP contribution in [0.3, 0.4) is 0 Å². The van der Waals surface area contributed by atoms with Crippen LogP contribution >= 0.6 is 0 Å². The molecule has 0 radical (unpaired) electrons. The highest BCUT2D eigenvalue weighted by molar-refractivity contribution is 5.81. The van der Waals surface area contributed by atoms with E-state index >= 15 is 0 Å². The number of rotatable bonds is 8. The Kier molecular flexibility index (Phi) is 7.11. The fraction of sp³-hybridized carbons (Fsp3) is 0.467. The summed E-state index contributed by atoms with van der Waals surface area (Å²) >= 11 is 0. The van der Waals surface area contributed by atoms with Crippen LogP contribution in [0.2, 0.25) is 0 Å². The average molecular weight is 260 g/mol. The number of oxime groups is 1. The van der Waals surface area contributed by atoms with Gasteiger partial charge in [-0.15, -0.1) is 0 Å². The van der Waals surface area contributed by atoms with Crippen LogP contribution in [0, 0.1) is 11.3 Å². The van der Waals surface area contributed by atoms with Gasteiger partial charge < -0.3 is 9.94 Å². The van der Waals surface area contributed by atoms with E-state index in [1.165, 1.54) is 5.56 Å². The van der Waals surface area contributed by atoms with E-state index in [1.807, 2.05) is 24.3 Å². The molecule has 4 nitrogen and oxygen atoms in total. The van der Waals surface area contributed by atoms with E-state index < -0.39 is 0 Å². The van der Waals surface area contributed by atoms with Gasteiger partial charge in [0.05, 0.1) is 18.4 Å². The molecule has 1 aromatic rings. The molecule has 19 heavy (non-hydrogen) atoms. The molecule has 0 fully saturated rings. The summed E-state index contributed by atoms with van der Waals surface area (Å²) in [5.41, 5.74) is 1.93. The van der Waals surface area contributed by atoms with E-state index in [4.69, 9.17) is 15.2 Å². The molecule has 0 heterocycles. The van der Waals surface area contributed by atoms with Crippen molar-refractivity contribution in [2.75, 3.05) is 6.61 Å². The van der Waals surface area contributed by atoms with Crippen molar-refractivity contribution in [3.63, 3.8) is 0 Å². The Hall–Kier alpha value is -2.02. The number of hydrogen-bond donors (Lipinski definition) is 1. The zero-order valence-corrected chi connectivity index (χ0v) is 11.3. The molecule has 0 aliphatic rings. The maximum Gasteiger partial charge on any atom is 0.119 e. The third-order valence-electron chi connectivity index (χ3n) is 2.82. The smallest absolute Gasteiger partial charge is 0.119 e. The van der Waals surface area contributed by atoms with Crippen LogP contribution in [-0.2, 0) is 6.42 Å². The van der Waals surface area contributed by atoms with Gasteiger partial charge in [-0.05, 0) is 50.3 Å². The zero-order chi connectivity index (χ0) is 13.9. The van der Waals surface area contributed by atoms with Gasteiger partial charge in [0.15, 0.2) is 0 Å². The minimum atomic E-state index is 0.591. The molecule has 0 aromatic heterocycles. The molecule has 0 bridgehead atoms. The van der Waals surface area contributed by atoms with Crippen molar-refractivity contribution in [3.8, 4) is 11.8 Å². The minimum Gasteiger partial charge on any atom is -0.494 e. The Morgan fingerprint density at radius 3 is 2.68 bits per heavy atom. The number of aryl methyl sites for hydroxylation is 1. The lowest BCUT2D eigenvalue weighted by atomic mass is 10.1. The maximum absolute atomic E-state index is 8.56. The standard InChI is InChI=1S/C15H20N2O2/c1-13(17-18)5-6-14-7-9-15(10-8-14)19-12-4-2-3-11-16/h7-10,18H,2-6,12H2,1H3. The molecule has 0 atom stereocenters. The predicted molar refractivity (Wildman–Crippen MR) is 74.6 cm³/mol. The summed E-state index contributed by atoms with van der Waals surface area (Å²) in [5.74, 6) is 0.855. The first kappa shape index (κ1) is 15.0. The first-order valence-corrected chi connectivity index (χ1v) is 6.52. The number of nitriles is 1. The van der Waals surface area contributed by atoms with Gasteiger partial charge in [0.1, 0.15) is 5.75 Å². The molecule has 102 valence electrons. The number of benzene rings is 1. The van der Waals surface area contributed by atoms with Gasteiger partial charge in [0.2, 0.25) is 0 Å². The Morgan fingerprint density at radius 2 is 2.05 bits per heavy atom. The van der Waals surface area contributed by atoms with E-state index in [9.17, 15) is 0 Å². The van der Waals surface area contributed by atoms with Gasteiger partial charge in [-0.25, -0.2) is 0 Å². The fourth-order valence-corrected chi connectivity index (χ4v) is 1.62. The topological polar surface area (TPSA) is 65.6 Å². The van der Waals surface area contributed by atoms with Crippen LogP contribution in [0.5, 0.6) is 5.75 Å². The summed E-state index contributed by atoms with van der Waals surface area (Å²) < 4.78 is 5.58. The first-order chi connectivity index (χ1) is 9.26. The predicted octanol–water partition coefficient (Wildman–Crippen LogP) is 3.54. The summed E-state index contributed by atoms with van der Waals surface area (Å²) in [6, 6.07) is 10.1. The van der Waals surface area contributed by atoms with Gasteiger partial charge >= 0.3 is 0 Å². The fourth-order valence-electron chi connectivity index (χ4n) is 1.62. The van der Waals surface area contributed by atoms with Crippen molar-refractivity contribution in [1.82, 2.24) is 0 Å². The molecule has 1 N–H and O–H groups in total. The highest BCUT2D eigenvalue weighted by atomic mass is 16.5. The molecule has 4 heteroatoms. The van der Waals surface area contributed by atoms with Crippen LogP contribution in [0.1, 0.15) is 38.2 Å². The number of unbranched alkanes of at least 4 members (excludes halogenated alkanes) is 2. The van der Waals surface area contributed by atoms with Crippen molar-refractivity contribution >= 4 is 5.71 Å². The highest BCUT2D eigenvalue weighted by Crippen LogP contribution is 2.14. The second kappa shape index (κ2) is 8.98. The summed E-state index contributed by atoms with van der Waals surface area (Å²) in [6.07, 6.45) is 3.99. The molecule has 1 aromatic carbocycles. The molecule has 0 spiro atoms. The molecular weight excluding hydrogens is 240 g/mol. The molecule has 0 aliphatic heterocycles. The number of nitrogens with zero attached hydrogens (tertiary/aromatic N) is 2. The van der Waals surface area contributed by atoms with Gasteiger partial charge in [-0.1, -0.05) is 17.3 Å². The lowest BCUT2D eigenvalue weighted by Crippen LogP contribution is -1.98. The third kappa shape index (κ3) is 6.46. The SMILES string of the molecule is CC(CCc1ccc(OCCCCC#N)cc1)=NO. The van der Waals surface area contributed by atoms with E-state index in [0.717, 1.165) is 37.1 Å². The molecule has 0 saturated carbocycles. The molecule has 1 rings (SSSR count). The molecule has 0 aliphatic carbocycles. The minimum absolute atomic E-state index is 0.591. The van der Waals surface area contributed by atoms with Crippen LogP contribution in [-0.4, -0.2) is 17.5 Å². The molecule has 0 amide bonds. The second-order valence-corrected chi connectivity index (χ2v) is 4.44. The van der Waals surface area contributed by atoms with Gasteiger partial charge in [-0.2, -0.15) is 5.26 Å². The quantitative estimate of drug-likeness (QED) is 0.336. The van der Waals surface area contributed by atoms with Crippen LogP contribution in [0.15, 0.2) is 29.4 Å². The van der Waals surface area contributed by atoms with Gasteiger partial charge in [0.25, 0.3) is 0 Å².